The van der Waals surface area contributed by atoms with Crippen molar-refractivity contribution < 1.29 is 0 Å². The highest BCUT2D eigenvalue weighted by atomic mass is 15.4. The summed E-state index contributed by atoms with van der Waals surface area (Å²) in [4.78, 5) is 6.78. The number of hydrogen-bond acceptors (Lipinski definition) is 4. The van der Waals surface area contributed by atoms with Gasteiger partial charge in [-0.3, -0.25) is 5.10 Å². The molecule has 19 heavy (non-hydrogen) atoms. The quantitative estimate of drug-likeness (QED) is 0.870. The first-order chi connectivity index (χ1) is 9.31. The fraction of sp³-hybridized carbons (Fsp3) is 0.429. The molecule has 1 fully saturated rings. The highest BCUT2D eigenvalue weighted by Crippen LogP contribution is 2.15. The molecule has 0 saturated carbocycles. The molecule has 1 aliphatic heterocycles. The highest BCUT2D eigenvalue weighted by molar-refractivity contribution is 5.30. The number of aromatic nitrogens is 3. The van der Waals surface area contributed by atoms with Crippen LogP contribution in [-0.2, 0) is 6.42 Å². The lowest BCUT2D eigenvalue weighted by Gasteiger charge is -2.28. The summed E-state index contributed by atoms with van der Waals surface area (Å²) in [5.41, 5.74) is 7.15. The summed E-state index contributed by atoms with van der Waals surface area (Å²) >= 11 is 0. The average Bonchev–Trinajstić information content (AvgIpc) is 2.89. The van der Waals surface area contributed by atoms with E-state index in [9.17, 15) is 0 Å². The van der Waals surface area contributed by atoms with E-state index in [-0.39, 0.29) is 0 Å². The van der Waals surface area contributed by atoms with Gasteiger partial charge in [0.25, 0.3) is 0 Å². The van der Waals surface area contributed by atoms with Crippen molar-refractivity contribution in [1.82, 2.24) is 15.2 Å². The van der Waals surface area contributed by atoms with E-state index in [1.807, 2.05) is 18.2 Å². The predicted molar refractivity (Wildman–Crippen MR) is 75.1 cm³/mol. The van der Waals surface area contributed by atoms with Crippen LogP contribution in [0.2, 0.25) is 0 Å². The molecule has 0 unspecified atom stereocenters. The summed E-state index contributed by atoms with van der Waals surface area (Å²) < 4.78 is 0. The van der Waals surface area contributed by atoms with Crippen molar-refractivity contribution in [3.63, 3.8) is 0 Å². The number of aromatic amines is 1. The number of rotatable bonds is 3. The zero-order valence-corrected chi connectivity index (χ0v) is 10.9. The Kier molecular flexibility index (Phi) is 3.46. The SMILES string of the molecule is NC1CCN(c2n[nH]c(Cc3ccccc3)n2)CC1. The predicted octanol–water partition coefficient (Wildman–Crippen LogP) is 1.32. The highest BCUT2D eigenvalue weighted by Gasteiger charge is 2.19. The largest absolute Gasteiger partial charge is 0.339 e. The monoisotopic (exact) mass is 257 g/mol. The van der Waals surface area contributed by atoms with Crippen molar-refractivity contribution in [2.24, 2.45) is 5.73 Å². The van der Waals surface area contributed by atoms with E-state index >= 15 is 0 Å². The van der Waals surface area contributed by atoms with Gasteiger partial charge in [0.2, 0.25) is 5.95 Å². The number of piperidine rings is 1. The van der Waals surface area contributed by atoms with Crippen molar-refractivity contribution in [3.8, 4) is 0 Å². The topological polar surface area (TPSA) is 70.8 Å². The molecule has 0 atom stereocenters. The smallest absolute Gasteiger partial charge is 0.244 e. The van der Waals surface area contributed by atoms with E-state index in [0.717, 1.165) is 44.1 Å². The maximum Gasteiger partial charge on any atom is 0.244 e. The fourth-order valence-corrected chi connectivity index (χ4v) is 2.39. The second-order valence-electron chi connectivity index (χ2n) is 5.07. The van der Waals surface area contributed by atoms with Crippen LogP contribution in [0.15, 0.2) is 30.3 Å². The van der Waals surface area contributed by atoms with Crippen molar-refractivity contribution in [2.75, 3.05) is 18.0 Å². The van der Waals surface area contributed by atoms with Crippen LogP contribution in [0.5, 0.6) is 0 Å². The van der Waals surface area contributed by atoms with Gasteiger partial charge in [-0.15, -0.1) is 5.10 Å². The lowest BCUT2D eigenvalue weighted by Crippen LogP contribution is -2.40. The molecule has 0 radical (unpaired) electrons. The molecule has 1 saturated heterocycles. The Morgan fingerprint density at radius 2 is 1.95 bits per heavy atom. The molecular formula is C14H19N5. The Balaban J connectivity index is 1.66. The second-order valence-corrected chi connectivity index (χ2v) is 5.07. The summed E-state index contributed by atoms with van der Waals surface area (Å²) in [6.07, 6.45) is 2.83. The van der Waals surface area contributed by atoms with E-state index < -0.39 is 0 Å². The van der Waals surface area contributed by atoms with E-state index in [0.29, 0.717) is 6.04 Å². The third kappa shape index (κ3) is 2.93. The first-order valence-corrected chi connectivity index (χ1v) is 6.77. The van der Waals surface area contributed by atoms with Crippen LogP contribution < -0.4 is 10.6 Å². The molecule has 1 aliphatic rings. The molecule has 2 aromatic rings. The van der Waals surface area contributed by atoms with Crippen molar-refractivity contribution >= 4 is 5.95 Å². The Bertz CT molecular complexity index is 514. The number of nitrogens with one attached hydrogen (secondary N) is 1. The number of H-pyrrole nitrogens is 1. The summed E-state index contributed by atoms with van der Waals surface area (Å²) in [6.45, 7) is 1.90. The van der Waals surface area contributed by atoms with Crippen LogP contribution in [0.3, 0.4) is 0 Å². The lowest BCUT2D eigenvalue weighted by molar-refractivity contribution is 0.496. The van der Waals surface area contributed by atoms with Gasteiger partial charge in [0.05, 0.1) is 0 Å². The van der Waals surface area contributed by atoms with Crippen LogP contribution in [0.25, 0.3) is 0 Å². The van der Waals surface area contributed by atoms with E-state index in [1.165, 1.54) is 5.56 Å². The minimum atomic E-state index is 0.332. The molecule has 0 aliphatic carbocycles. The molecule has 0 spiro atoms. The minimum Gasteiger partial charge on any atom is -0.339 e. The number of nitrogens with two attached hydrogens (primary N) is 1. The van der Waals surface area contributed by atoms with E-state index in [1.54, 1.807) is 0 Å². The molecule has 3 rings (SSSR count). The summed E-state index contributed by atoms with van der Waals surface area (Å²) in [5.74, 6) is 1.72. The summed E-state index contributed by atoms with van der Waals surface area (Å²) in [7, 11) is 0. The molecule has 100 valence electrons. The van der Waals surface area contributed by atoms with Gasteiger partial charge in [0, 0.05) is 25.6 Å². The summed E-state index contributed by atoms with van der Waals surface area (Å²) in [6, 6.07) is 10.6. The van der Waals surface area contributed by atoms with Crippen LogP contribution in [-0.4, -0.2) is 34.3 Å². The van der Waals surface area contributed by atoms with E-state index in [4.69, 9.17) is 5.73 Å². The van der Waals surface area contributed by atoms with Crippen molar-refractivity contribution in [3.05, 3.63) is 41.7 Å². The van der Waals surface area contributed by atoms with Gasteiger partial charge in [0.1, 0.15) is 5.82 Å². The Morgan fingerprint density at radius 1 is 1.21 bits per heavy atom. The van der Waals surface area contributed by atoms with Gasteiger partial charge in [-0.1, -0.05) is 30.3 Å². The molecule has 1 aromatic carbocycles. The van der Waals surface area contributed by atoms with E-state index in [2.05, 4.69) is 32.2 Å². The Labute approximate surface area is 112 Å². The molecule has 5 nitrogen and oxygen atoms in total. The molecule has 2 heterocycles. The normalized spacial score (nSPS) is 16.8. The third-order valence-electron chi connectivity index (χ3n) is 3.56. The molecule has 5 heteroatoms. The lowest BCUT2D eigenvalue weighted by atomic mass is 10.1. The standard InChI is InChI=1S/C14H19N5/c15-12-6-8-19(9-7-12)14-16-13(17-18-14)10-11-4-2-1-3-5-11/h1-5,12H,6-10,15H2,(H,16,17,18). The molecule has 0 amide bonds. The third-order valence-corrected chi connectivity index (χ3v) is 3.56. The van der Waals surface area contributed by atoms with Gasteiger partial charge in [-0.05, 0) is 18.4 Å². The average molecular weight is 257 g/mol. The number of benzene rings is 1. The van der Waals surface area contributed by atoms with Crippen LogP contribution in [0.4, 0.5) is 5.95 Å². The van der Waals surface area contributed by atoms with Gasteiger partial charge < -0.3 is 10.6 Å². The molecule has 0 bridgehead atoms. The Morgan fingerprint density at radius 3 is 2.68 bits per heavy atom. The van der Waals surface area contributed by atoms with Crippen LogP contribution in [0.1, 0.15) is 24.2 Å². The number of anilines is 1. The van der Waals surface area contributed by atoms with Crippen LogP contribution in [0, 0.1) is 0 Å². The summed E-state index contributed by atoms with van der Waals surface area (Å²) in [5, 5.41) is 7.34. The van der Waals surface area contributed by atoms with Gasteiger partial charge in [0.15, 0.2) is 0 Å². The zero-order valence-electron chi connectivity index (χ0n) is 10.9. The van der Waals surface area contributed by atoms with Gasteiger partial charge >= 0.3 is 0 Å². The molecule has 3 N–H and O–H groups in total. The maximum atomic E-state index is 5.91. The number of hydrogen-bond donors (Lipinski definition) is 2. The number of nitrogens with zero attached hydrogens (tertiary/aromatic N) is 3. The first-order valence-electron chi connectivity index (χ1n) is 6.77. The zero-order chi connectivity index (χ0) is 13.1. The minimum absolute atomic E-state index is 0.332. The fourth-order valence-electron chi connectivity index (χ4n) is 2.39. The second kappa shape index (κ2) is 5.40. The Hall–Kier alpha value is -1.88. The van der Waals surface area contributed by atoms with Crippen molar-refractivity contribution in [1.29, 1.82) is 0 Å². The van der Waals surface area contributed by atoms with Gasteiger partial charge in [-0.2, -0.15) is 4.98 Å². The van der Waals surface area contributed by atoms with Gasteiger partial charge in [-0.25, -0.2) is 0 Å². The molecule has 1 aromatic heterocycles. The maximum absolute atomic E-state index is 5.91. The molecular weight excluding hydrogens is 238 g/mol. The van der Waals surface area contributed by atoms with Crippen LogP contribution >= 0.6 is 0 Å². The first kappa shape index (κ1) is 12.2. The van der Waals surface area contributed by atoms with Crippen molar-refractivity contribution in [2.45, 2.75) is 25.3 Å².